The summed E-state index contributed by atoms with van der Waals surface area (Å²) < 4.78 is 5.56. The normalized spacial score (nSPS) is 16.5. The van der Waals surface area contributed by atoms with E-state index in [4.69, 9.17) is 10.5 Å². The lowest BCUT2D eigenvalue weighted by Crippen LogP contribution is -2.49. The number of rotatable bonds is 5. The number of hydrogen-bond donors (Lipinski definition) is 1. The van der Waals surface area contributed by atoms with Crippen LogP contribution in [0, 0.1) is 0 Å². The van der Waals surface area contributed by atoms with Gasteiger partial charge in [0, 0.05) is 26.7 Å². The lowest BCUT2D eigenvalue weighted by molar-refractivity contribution is 0.0734. The first-order chi connectivity index (χ1) is 9.17. The van der Waals surface area contributed by atoms with E-state index in [1.165, 1.54) is 0 Å². The molecule has 1 aromatic rings. The highest BCUT2D eigenvalue weighted by molar-refractivity contribution is 5.94. The third-order valence-electron chi connectivity index (χ3n) is 3.30. The molecule has 0 spiro atoms. The van der Waals surface area contributed by atoms with Gasteiger partial charge in [-0.1, -0.05) is 18.2 Å². The van der Waals surface area contributed by atoms with Crippen LogP contribution in [0.4, 0.5) is 10.5 Å². The second-order valence-electron chi connectivity index (χ2n) is 4.69. The smallest absolute Gasteiger partial charge is 0.324 e. The molecule has 104 valence electrons. The van der Waals surface area contributed by atoms with Gasteiger partial charge >= 0.3 is 6.03 Å². The van der Waals surface area contributed by atoms with Crippen LogP contribution in [0.5, 0.6) is 0 Å². The van der Waals surface area contributed by atoms with E-state index in [0.717, 1.165) is 11.3 Å². The van der Waals surface area contributed by atoms with Crippen molar-refractivity contribution in [3.8, 4) is 0 Å². The maximum atomic E-state index is 12.3. The largest absolute Gasteiger partial charge is 0.375 e. The Hall–Kier alpha value is -1.59. The van der Waals surface area contributed by atoms with Crippen LogP contribution in [0.1, 0.15) is 12.5 Å². The summed E-state index contributed by atoms with van der Waals surface area (Å²) in [5.74, 6) is 0. The van der Waals surface area contributed by atoms with Gasteiger partial charge in [-0.2, -0.15) is 0 Å². The Balaban J connectivity index is 2.24. The molecule has 0 fully saturated rings. The number of ether oxygens (including phenoxy) is 1. The lowest BCUT2D eigenvalue weighted by Gasteiger charge is -2.36. The molecule has 0 aromatic heterocycles. The van der Waals surface area contributed by atoms with Crippen LogP contribution in [0.25, 0.3) is 0 Å². The minimum absolute atomic E-state index is 0.00291. The predicted molar refractivity (Wildman–Crippen MR) is 75.1 cm³/mol. The van der Waals surface area contributed by atoms with E-state index >= 15 is 0 Å². The van der Waals surface area contributed by atoms with Crippen molar-refractivity contribution >= 4 is 11.7 Å². The molecular weight excluding hydrogens is 242 g/mol. The van der Waals surface area contributed by atoms with Crippen LogP contribution in [0.3, 0.4) is 0 Å². The highest BCUT2D eigenvalue weighted by atomic mass is 16.5. The maximum absolute atomic E-state index is 12.3. The zero-order valence-electron chi connectivity index (χ0n) is 11.5. The van der Waals surface area contributed by atoms with Gasteiger partial charge in [0.1, 0.15) is 0 Å². The van der Waals surface area contributed by atoms with E-state index in [-0.39, 0.29) is 12.1 Å². The number of benzene rings is 1. The molecule has 0 radical (unpaired) electrons. The van der Waals surface area contributed by atoms with Gasteiger partial charge in [-0.15, -0.1) is 0 Å². The van der Waals surface area contributed by atoms with Crippen molar-refractivity contribution in [3.05, 3.63) is 29.8 Å². The van der Waals surface area contributed by atoms with Crippen LogP contribution < -0.4 is 10.6 Å². The highest BCUT2D eigenvalue weighted by Crippen LogP contribution is 2.27. The first-order valence-corrected chi connectivity index (χ1v) is 6.59. The van der Waals surface area contributed by atoms with Gasteiger partial charge in [0.2, 0.25) is 0 Å². The summed E-state index contributed by atoms with van der Waals surface area (Å²) in [7, 11) is 1.81. The Bertz CT molecular complexity index is 450. The van der Waals surface area contributed by atoms with Gasteiger partial charge in [-0.3, -0.25) is 4.90 Å². The monoisotopic (exact) mass is 263 g/mol. The number of urea groups is 1. The van der Waals surface area contributed by atoms with Gasteiger partial charge < -0.3 is 15.4 Å². The van der Waals surface area contributed by atoms with E-state index in [0.29, 0.717) is 26.2 Å². The number of nitrogens with two attached hydrogens (primary N) is 1. The van der Waals surface area contributed by atoms with Gasteiger partial charge in [0.05, 0.1) is 18.3 Å². The topological polar surface area (TPSA) is 58.8 Å². The summed E-state index contributed by atoms with van der Waals surface area (Å²) in [6.45, 7) is 4.07. The Morgan fingerprint density at radius 3 is 2.84 bits per heavy atom. The van der Waals surface area contributed by atoms with E-state index in [9.17, 15) is 4.79 Å². The predicted octanol–water partition coefficient (Wildman–Crippen LogP) is 1.42. The quantitative estimate of drug-likeness (QED) is 0.874. The number of carbonyl (C=O) groups is 1. The summed E-state index contributed by atoms with van der Waals surface area (Å²) in [6, 6.07) is 7.95. The summed E-state index contributed by atoms with van der Waals surface area (Å²) >= 11 is 0. The summed E-state index contributed by atoms with van der Waals surface area (Å²) in [5, 5.41) is 0. The average Bonchev–Trinajstić information content (AvgIpc) is 2.42. The molecular formula is C14H21N3O2. The number of para-hydroxylation sites is 1. The fourth-order valence-electron chi connectivity index (χ4n) is 2.35. The molecule has 1 heterocycles. The van der Waals surface area contributed by atoms with Gasteiger partial charge in [0.25, 0.3) is 0 Å². The average molecular weight is 263 g/mol. The molecule has 0 bridgehead atoms. The lowest BCUT2D eigenvalue weighted by atomic mass is 10.1. The van der Waals surface area contributed by atoms with E-state index < -0.39 is 0 Å². The molecule has 1 aliphatic heterocycles. The van der Waals surface area contributed by atoms with Crippen LogP contribution >= 0.6 is 0 Å². The molecule has 1 atom stereocenters. The fourth-order valence-corrected chi connectivity index (χ4v) is 2.35. The van der Waals surface area contributed by atoms with Crippen molar-refractivity contribution < 1.29 is 9.53 Å². The first kappa shape index (κ1) is 13.8. The standard InChI is InChI=1S/C14H21N3O2/c1-3-19-12(8-15)10-17-13-7-5-4-6-11(13)9-16(2)14(17)18/h4-7,12H,3,8-10,15H2,1-2H3. The first-order valence-electron chi connectivity index (χ1n) is 6.59. The number of fused-ring (bicyclic) bond motifs is 1. The third-order valence-corrected chi connectivity index (χ3v) is 3.30. The molecule has 1 aromatic carbocycles. The molecule has 5 heteroatoms. The van der Waals surface area contributed by atoms with Crippen molar-refractivity contribution in [1.29, 1.82) is 0 Å². The molecule has 0 saturated heterocycles. The molecule has 5 nitrogen and oxygen atoms in total. The van der Waals surface area contributed by atoms with Crippen molar-refractivity contribution in [3.63, 3.8) is 0 Å². The van der Waals surface area contributed by atoms with E-state index in [1.807, 2.05) is 38.2 Å². The Morgan fingerprint density at radius 1 is 1.42 bits per heavy atom. The van der Waals surface area contributed by atoms with E-state index in [2.05, 4.69) is 0 Å². The van der Waals surface area contributed by atoms with Crippen LogP contribution in [-0.2, 0) is 11.3 Å². The van der Waals surface area contributed by atoms with Crippen LogP contribution in [0.15, 0.2) is 24.3 Å². The minimum Gasteiger partial charge on any atom is -0.375 e. The van der Waals surface area contributed by atoms with Crippen molar-refractivity contribution in [2.75, 3.05) is 31.6 Å². The van der Waals surface area contributed by atoms with Gasteiger partial charge in [-0.05, 0) is 18.6 Å². The zero-order chi connectivity index (χ0) is 13.8. The SMILES string of the molecule is CCOC(CN)CN1C(=O)N(C)Cc2ccccc21. The maximum Gasteiger partial charge on any atom is 0.324 e. The molecule has 2 rings (SSSR count). The number of amides is 2. The molecule has 2 amide bonds. The molecule has 0 saturated carbocycles. The Morgan fingerprint density at radius 2 is 2.16 bits per heavy atom. The van der Waals surface area contributed by atoms with Crippen LogP contribution in [-0.4, -0.2) is 43.8 Å². The molecule has 19 heavy (non-hydrogen) atoms. The highest BCUT2D eigenvalue weighted by Gasteiger charge is 2.29. The zero-order valence-corrected chi connectivity index (χ0v) is 11.5. The Kier molecular flexibility index (Phi) is 4.39. The summed E-state index contributed by atoms with van der Waals surface area (Å²) in [5.41, 5.74) is 7.81. The molecule has 2 N–H and O–H groups in total. The minimum atomic E-state index is -0.131. The molecule has 1 aliphatic rings. The van der Waals surface area contributed by atoms with Gasteiger partial charge in [-0.25, -0.2) is 4.79 Å². The fraction of sp³-hybridized carbons (Fsp3) is 0.500. The summed E-state index contributed by atoms with van der Waals surface area (Å²) in [4.78, 5) is 15.8. The Labute approximate surface area is 113 Å². The molecule has 1 unspecified atom stereocenters. The number of carbonyl (C=O) groups excluding carboxylic acids is 1. The third kappa shape index (κ3) is 2.88. The van der Waals surface area contributed by atoms with Gasteiger partial charge in [0.15, 0.2) is 0 Å². The van der Waals surface area contributed by atoms with Crippen molar-refractivity contribution in [1.82, 2.24) is 4.90 Å². The number of anilines is 1. The second kappa shape index (κ2) is 6.04. The number of hydrogen-bond acceptors (Lipinski definition) is 3. The van der Waals surface area contributed by atoms with E-state index in [1.54, 1.807) is 9.80 Å². The van der Waals surface area contributed by atoms with Crippen LogP contribution in [0.2, 0.25) is 0 Å². The second-order valence-corrected chi connectivity index (χ2v) is 4.69. The van der Waals surface area contributed by atoms with Crippen molar-refractivity contribution in [2.24, 2.45) is 5.73 Å². The summed E-state index contributed by atoms with van der Waals surface area (Å²) in [6.07, 6.45) is -0.131. The molecule has 0 aliphatic carbocycles. The number of nitrogens with zero attached hydrogens (tertiary/aromatic N) is 2. The van der Waals surface area contributed by atoms with Crippen molar-refractivity contribution in [2.45, 2.75) is 19.6 Å².